The summed E-state index contributed by atoms with van der Waals surface area (Å²) in [5, 5.41) is 15.4. The number of amidine groups is 2. The summed E-state index contributed by atoms with van der Waals surface area (Å²) >= 11 is 9.35. The van der Waals surface area contributed by atoms with Gasteiger partial charge in [0.25, 0.3) is 0 Å². The van der Waals surface area contributed by atoms with Gasteiger partial charge in [-0.1, -0.05) is 24.3 Å². The van der Waals surface area contributed by atoms with Gasteiger partial charge in [0.15, 0.2) is 0 Å². The average Bonchev–Trinajstić information content (AvgIpc) is 2.91. The molecule has 4 aromatic rings. The van der Waals surface area contributed by atoms with Crippen LogP contribution in [0.2, 0.25) is 0 Å². The van der Waals surface area contributed by atoms with Crippen molar-refractivity contribution in [1.82, 2.24) is 19.9 Å². The van der Waals surface area contributed by atoms with E-state index < -0.39 is 0 Å². The maximum Gasteiger partial charge on any atom is 2.00 e. The Morgan fingerprint density at radius 1 is 0.486 bits per heavy atom. The molecule has 0 bridgehead atoms. The van der Waals surface area contributed by atoms with Crippen LogP contribution in [-0.2, 0) is 41.7 Å². The van der Waals surface area contributed by atoms with Gasteiger partial charge in [-0.25, -0.2) is 0 Å². The number of nitrogens with zero attached hydrogens (tertiary/aromatic N) is 8. The maximum atomic E-state index is 5.31. The van der Waals surface area contributed by atoms with Crippen LogP contribution in [0.5, 0.6) is 0 Å². The van der Waals surface area contributed by atoms with Crippen LogP contribution in [-0.4, -0.2) is 41.7 Å². The molecular formula is C24H20N10NiS2. The van der Waals surface area contributed by atoms with Crippen LogP contribution < -0.4 is 11.5 Å². The largest absolute Gasteiger partial charge is 2.00 e. The molecule has 0 amide bonds. The van der Waals surface area contributed by atoms with Crippen molar-refractivity contribution in [3.05, 3.63) is 120 Å². The second-order valence-corrected chi connectivity index (χ2v) is 7.47. The average molecular weight is 571 g/mol. The Morgan fingerprint density at radius 3 is 0.946 bits per heavy atom. The number of hydrogen-bond donors (Lipinski definition) is 2. The topological polar surface area (TPSA) is 153 Å². The molecule has 0 atom stereocenters. The normalized spacial score (nSPS) is 10.7. The number of hydrogen-bond acceptors (Lipinski definition) is 10. The van der Waals surface area contributed by atoms with E-state index in [1.807, 2.05) is 72.8 Å². The smallest absolute Gasteiger partial charge is 0.741 e. The molecule has 4 heterocycles. The fourth-order valence-corrected chi connectivity index (χ4v) is 2.76. The van der Waals surface area contributed by atoms with E-state index in [1.54, 1.807) is 24.8 Å². The molecule has 0 aliphatic carbocycles. The third kappa shape index (κ3) is 9.76. The molecule has 37 heavy (non-hydrogen) atoms. The van der Waals surface area contributed by atoms with Gasteiger partial charge < -0.3 is 36.7 Å². The fraction of sp³-hybridized carbons (Fsp3) is 0. The molecule has 4 N–H and O–H groups in total. The molecular weight excluding hydrogens is 551 g/mol. The Bertz CT molecular complexity index is 1150. The molecule has 13 heteroatoms. The van der Waals surface area contributed by atoms with Gasteiger partial charge in [-0.15, -0.1) is 10.2 Å². The van der Waals surface area contributed by atoms with Gasteiger partial charge in [-0.05, 0) is 58.9 Å². The van der Waals surface area contributed by atoms with Crippen molar-refractivity contribution in [1.29, 1.82) is 0 Å². The summed E-state index contributed by atoms with van der Waals surface area (Å²) in [4.78, 5) is 16.9. The van der Waals surface area contributed by atoms with Crippen LogP contribution in [0.3, 0.4) is 0 Å². The zero-order valence-electron chi connectivity index (χ0n) is 19.1. The molecule has 0 aromatic carbocycles. The number of rotatable bonds is 6. The third-order valence-corrected chi connectivity index (χ3v) is 4.29. The monoisotopic (exact) mass is 570 g/mol. The first-order chi connectivity index (χ1) is 17.5. The maximum absolute atomic E-state index is 5.31. The van der Waals surface area contributed by atoms with Gasteiger partial charge in [0.05, 0.1) is 22.8 Å². The van der Waals surface area contributed by atoms with Crippen LogP contribution in [0.25, 0.3) is 0 Å². The Balaban J connectivity index is 0.000000253. The molecule has 0 saturated carbocycles. The molecule has 188 valence electrons. The molecule has 4 aromatic heterocycles. The zero-order chi connectivity index (χ0) is 25.6. The van der Waals surface area contributed by atoms with Crippen molar-refractivity contribution in [2.75, 3.05) is 0 Å². The standard InChI is InChI=1S/2C12H11N5S.Ni/c2*13-12(18)17-16-11(9-5-1-3-7-14-9)10-6-2-4-8-15-10;/h2*1-8H,(H3,13,17,18);/q;;+2/p-2. The Kier molecular flexibility index (Phi) is 12.4. The predicted molar refractivity (Wildman–Crippen MR) is 146 cm³/mol. The number of aromatic nitrogens is 4. The molecule has 0 aliphatic heterocycles. The number of pyridine rings is 4. The first kappa shape index (κ1) is 29.0. The fourth-order valence-electron chi connectivity index (χ4n) is 2.68. The summed E-state index contributed by atoms with van der Waals surface area (Å²) in [6, 6.07) is 22.0. The second-order valence-electron chi connectivity index (χ2n) is 6.63. The summed E-state index contributed by atoms with van der Waals surface area (Å²) in [5.74, 6) is 0. The summed E-state index contributed by atoms with van der Waals surface area (Å²) < 4.78 is 0. The third-order valence-electron chi connectivity index (χ3n) is 4.13. The predicted octanol–water partition coefficient (Wildman–Crippen LogP) is 2.18. The van der Waals surface area contributed by atoms with Crippen molar-refractivity contribution >= 4 is 47.0 Å². The van der Waals surface area contributed by atoms with Crippen LogP contribution in [0, 0.1) is 0 Å². The number of nitrogens with two attached hydrogens (primary N) is 2. The van der Waals surface area contributed by atoms with E-state index in [0.29, 0.717) is 34.2 Å². The van der Waals surface area contributed by atoms with E-state index in [-0.39, 0.29) is 26.8 Å². The van der Waals surface area contributed by atoms with Gasteiger partial charge >= 0.3 is 16.5 Å². The van der Waals surface area contributed by atoms with Crippen LogP contribution in [0.1, 0.15) is 22.8 Å². The summed E-state index contributed by atoms with van der Waals surface area (Å²) in [6.45, 7) is 0. The Morgan fingerprint density at radius 2 is 0.757 bits per heavy atom. The van der Waals surface area contributed by atoms with E-state index in [1.165, 1.54) is 0 Å². The first-order valence-electron chi connectivity index (χ1n) is 10.4. The van der Waals surface area contributed by atoms with E-state index in [9.17, 15) is 0 Å². The summed E-state index contributed by atoms with van der Waals surface area (Å²) in [6.07, 6.45) is 6.70. The molecule has 0 fully saturated rings. The summed E-state index contributed by atoms with van der Waals surface area (Å²) in [5.41, 5.74) is 14.3. The van der Waals surface area contributed by atoms with Crippen LogP contribution in [0.4, 0.5) is 0 Å². The quantitative estimate of drug-likeness (QED) is 0.117. The minimum Gasteiger partial charge on any atom is -0.741 e. The Labute approximate surface area is 235 Å². The molecule has 0 aliphatic rings. The van der Waals surface area contributed by atoms with Gasteiger partial charge in [0, 0.05) is 24.8 Å². The van der Waals surface area contributed by atoms with Gasteiger partial charge in [0.2, 0.25) is 0 Å². The molecule has 10 nitrogen and oxygen atoms in total. The SMILES string of the molecule is N/C([S-])=N/N=C(c1ccccn1)c1ccccn1.N/C([S-])=N\N=C(c1ccccn1)c1ccccn1.[Ni+2]. The van der Waals surface area contributed by atoms with Crippen LogP contribution >= 0.6 is 0 Å². The van der Waals surface area contributed by atoms with E-state index >= 15 is 0 Å². The zero-order valence-corrected chi connectivity index (χ0v) is 21.7. The Hall–Kier alpha value is -4.19. The summed E-state index contributed by atoms with van der Waals surface area (Å²) in [7, 11) is 0. The van der Waals surface area contributed by atoms with Crippen molar-refractivity contribution in [3.8, 4) is 0 Å². The van der Waals surface area contributed by atoms with Gasteiger partial charge in [-0.3, -0.25) is 19.9 Å². The molecule has 0 spiro atoms. The van der Waals surface area contributed by atoms with E-state index in [4.69, 9.17) is 11.5 Å². The minimum atomic E-state index is -0.0284. The molecule has 0 radical (unpaired) electrons. The molecule has 0 unspecified atom stereocenters. The van der Waals surface area contributed by atoms with Crippen LogP contribution in [0.15, 0.2) is 118 Å². The van der Waals surface area contributed by atoms with Gasteiger partial charge in [-0.2, -0.15) is 10.2 Å². The molecule has 4 rings (SSSR count). The van der Waals surface area contributed by atoms with Crippen molar-refractivity contribution in [2.45, 2.75) is 0 Å². The van der Waals surface area contributed by atoms with Crippen molar-refractivity contribution < 1.29 is 16.5 Å². The van der Waals surface area contributed by atoms with Gasteiger partial charge in [0.1, 0.15) is 11.4 Å². The minimum absolute atomic E-state index is 0. The second kappa shape index (κ2) is 15.7. The van der Waals surface area contributed by atoms with E-state index in [2.05, 4.69) is 65.6 Å². The van der Waals surface area contributed by atoms with Crippen molar-refractivity contribution in [3.63, 3.8) is 0 Å². The molecule has 0 saturated heterocycles. The van der Waals surface area contributed by atoms with Crippen molar-refractivity contribution in [2.24, 2.45) is 31.9 Å². The first-order valence-corrected chi connectivity index (χ1v) is 11.2. The van der Waals surface area contributed by atoms with E-state index in [0.717, 1.165) is 0 Å².